The summed E-state index contributed by atoms with van der Waals surface area (Å²) in [6.45, 7) is 2.03. The van der Waals surface area contributed by atoms with Gasteiger partial charge >= 0.3 is 5.97 Å². The zero-order chi connectivity index (χ0) is 8.69. The van der Waals surface area contributed by atoms with Gasteiger partial charge in [-0.25, -0.2) is 4.79 Å². The molecule has 0 saturated carbocycles. The Balaban J connectivity index is 4.03. The van der Waals surface area contributed by atoms with Gasteiger partial charge in [0.2, 0.25) is 0 Å². The fraction of sp³-hybridized carbons (Fsp3) is 0.625. The monoisotopic (exact) mass is 158 g/mol. The molecular weight excluding hydrogens is 144 g/mol. The summed E-state index contributed by atoms with van der Waals surface area (Å²) in [5.74, 6) is -0.129. The number of carbonyl (C=O) groups is 1. The maximum absolute atomic E-state index is 10.8. The van der Waals surface area contributed by atoms with Crippen LogP contribution in [0.5, 0.6) is 0 Å². The molecule has 0 aliphatic carbocycles. The lowest BCUT2D eigenvalue weighted by molar-refractivity contribution is -0.139. The third-order valence-electron chi connectivity index (χ3n) is 1.22. The van der Waals surface area contributed by atoms with Crippen LogP contribution in [0.3, 0.4) is 0 Å². The highest BCUT2D eigenvalue weighted by molar-refractivity contribution is 5.85. The molecule has 0 aliphatic heterocycles. The van der Waals surface area contributed by atoms with Crippen LogP contribution in [-0.2, 0) is 14.3 Å². The lowest BCUT2D eigenvalue weighted by Gasteiger charge is -2.02. The Morgan fingerprint density at radius 2 is 2.00 bits per heavy atom. The van der Waals surface area contributed by atoms with E-state index in [9.17, 15) is 4.79 Å². The predicted molar refractivity (Wildman–Crippen MR) is 42.0 cm³/mol. The quantitative estimate of drug-likeness (QED) is 0.353. The second-order valence-electron chi connectivity index (χ2n) is 2.05. The van der Waals surface area contributed by atoms with Gasteiger partial charge in [0.1, 0.15) is 0 Å². The van der Waals surface area contributed by atoms with E-state index in [-0.39, 0.29) is 5.76 Å². The average Bonchev–Trinajstić information content (AvgIpc) is 2.05. The number of ether oxygens (including phenoxy) is 2. The Hall–Kier alpha value is -0.990. The predicted octanol–water partition coefficient (Wildman–Crippen LogP) is 1.49. The molecule has 64 valence electrons. The summed E-state index contributed by atoms with van der Waals surface area (Å²) in [5, 5.41) is 0. The second-order valence-corrected chi connectivity index (χ2v) is 2.05. The van der Waals surface area contributed by atoms with Gasteiger partial charge < -0.3 is 9.47 Å². The first-order chi connectivity index (χ1) is 5.26. The lowest BCUT2D eigenvalue weighted by atomic mass is 10.3. The number of esters is 1. The van der Waals surface area contributed by atoms with Gasteiger partial charge in [-0.2, -0.15) is 0 Å². The standard InChI is InChI=1S/C8H14O3/c1-4-5-6-7(10-2)8(9)11-3/h6H,4-5H2,1-3H3/b7-6+. The van der Waals surface area contributed by atoms with Gasteiger partial charge in [-0.3, -0.25) is 0 Å². The number of allylic oxidation sites excluding steroid dienone is 1. The van der Waals surface area contributed by atoms with Crippen LogP contribution in [0.1, 0.15) is 19.8 Å². The van der Waals surface area contributed by atoms with Gasteiger partial charge in [0, 0.05) is 0 Å². The zero-order valence-electron chi connectivity index (χ0n) is 7.22. The van der Waals surface area contributed by atoms with Gasteiger partial charge in [0.05, 0.1) is 14.2 Å². The van der Waals surface area contributed by atoms with E-state index in [1.807, 2.05) is 6.92 Å². The summed E-state index contributed by atoms with van der Waals surface area (Å²) in [6.07, 6.45) is 3.55. The third kappa shape index (κ3) is 3.65. The van der Waals surface area contributed by atoms with E-state index in [1.54, 1.807) is 6.08 Å². The number of methoxy groups -OCH3 is 2. The van der Waals surface area contributed by atoms with E-state index < -0.39 is 5.97 Å². The zero-order valence-corrected chi connectivity index (χ0v) is 7.22. The highest BCUT2D eigenvalue weighted by Gasteiger charge is 2.07. The molecule has 0 aromatic carbocycles. The van der Waals surface area contributed by atoms with Crippen molar-refractivity contribution in [3.63, 3.8) is 0 Å². The molecule has 0 aromatic heterocycles. The minimum Gasteiger partial charge on any atom is -0.490 e. The first-order valence-corrected chi connectivity index (χ1v) is 3.58. The van der Waals surface area contributed by atoms with Crippen LogP contribution in [0.2, 0.25) is 0 Å². The molecule has 11 heavy (non-hydrogen) atoms. The molecule has 0 aliphatic rings. The van der Waals surface area contributed by atoms with Crippen molar-refractivity contribution in [3.05, 3.63) is 11.8 Å². The van der Waals surface area contributed by atoms with Crippen LogP contribution in [0, 0.1) is 0 Å². The van der Waals surface area contributed by atoms with Crippen molar-refractivity contribution in [1.82, 2.24) is 0 Å². The molecule has 0 amide bonds. The van der Waals surface area contributed by atoms with E-state index in [2.05, 4.69) is 4.74 Å². The number of unbranched alkanes of at least 4 members (excludes halogenated alkanes) is 1. The molecule has 3 heteroatoms. The van der Waals surface area contributed by atoms with Crippen molar-refractivity contribution in [1.29, 1.82) is 0 Å². The normalized spacial score (nSPS) is 11.0. The van der Waals surface area contributed by atoms with E-state index in [1.165, 1.54) is 14.2 Å². The summed E-state index contributed by atoms with van der Waals surface area (Å²) in [4.78, 5) is 10.8. The van der Waals surface area contributed by atoms with E-state index >= 15 is 0 Å². The Kier molecular flexibility index (Phi) is 5.25. The van der Waals surface area contributed by atoms with Crippen LogP contribution < -0.4 is 0 Å². The van der Waals surface area contributed by atoms with Crippen LogP contribution in [-0.4, -0.2) is 20.2 Å². The smallest absolute Gasteiger partial charge is 0.372 e. The maximum atomic E-state index is 10.8. The van der Waals surface area contributed by atoms with Crippen LogP contribution in [0.4, 0.5) is 0 Å². The topological polar surface area (TPSA) is 35.5 Å². The molecule has 0 aromatic rings. The molecule has 0 atom stereocenters. The molecule has 0 bridgehead atoms. The number of carbonyl (C=O) groups excluding carboxylic acids is 1. The van der Waals surface area contributed by atoms with Gasteiger partial charge in [-0.1, -0.05) is 13.3 Å². The molecule has 0 rings (SSSR count). The van der Waals surface area contributed by atoms with Crippen LogP contribution in [0.15, 0.2) is 11.8 Å². The minimum absolute atomic E-state index is 0.286. The SMILES string of the molecule is CCC/C=C(/OC)C(=O)OC. The Bertz CT molecular complexity index is 149. The largest absolute Gasteiger partial charge is 0.490 e. The number of hydrogen-bond acceptors (Lipinski definition) is 3. The van der Waals surface area contributed by atoms with Crippen molar-refractivity contribution in [3.8, 4) is 0 Å². The number of rotatable bonds is 4. The Morgan fingerprint density at radius 1 is 1.36 bits per heavy atom. The summed E-state index contributed by atoms with van der Waals surface area (Å²) in [5.41, 5.74) is 0. The molecular formula is C8H14O3. The fourth-order valence-electron chi connectivity index (χ4n) is 0.626. The van der Waals surface area contributed by atoms with Crippen molar-refractivity contribution in [2.45, 2.75) is 19.8 Å². The highest BCUT2D eigenvalue weighted by Crippen LogP contribution is 2.01. The highest BCUT2D eigenvalue weighted by atomic mass is 16.6. The molecule has 0 fully saturated rings. The summed E-state index contributed by atoms with van der Waals surface area (Å²) >= 11 is 0. The molecule has 0 spiro atoms. The molecule has 0 unspecified atom stereocenters. The third-order valence-corrected chi connectivity index (χ3v) is 1.22. The lowest BCUT2D eigenvalue weighted by Crippen LogP contribution is -2.06. The Labute approximate surface area is 67.0 Å². The van der Waals surface area contributed by atoms with Gasteiger partial charge in [0.25, 0.3) is 0 Å². The van der Waals surface area contributed by atoms with Gasteiger partial charge in [0.15, 0.2) is 5.76 Å². The van der Waals surface area contributed by atoms with Gasteiger partial charge in [-0.05, 0) is 12.5 Å². The summed E-state index contributed by atoms with van der Waals surface area (Å²) < 4.78 is 9.26. The van der Waals surface area contributed by atoms with E-state index in [4.69, 9.17) is 4.74 Å². The molecule has 0 heterocycles. The molecule has 0 radical (unpaired) electrons. The first kappa shape index (κ1) is 10.0. The van der Waals surface area contributed by atoms with Crippen molar-refractivity contribution >= 4 is 5.97 Å². The maximum Gasteiger partial charge on any atom is 0.372 e. The van der Waals surface area contributed by atoms with E-state index in [0.717, 1.165) is 12.8 Å². The van der Waals surface area contributed by atoms with Crippen molar-refractivity contribution in [2.75, 3.05) is 14.2 Å². The minimum atomic E-state index is -0.416. The van der Waals surface area contributed by atoms with Crippen LogP contribution >= 0.6 is 0 Å². The van der Waals surface area contributed by atoms with Crippen molar-refractivity contribution < 1.29 is 14.3 Å². The van der Waals surface area contributed by atoms with E-state index in [0.29, 0.717) is 0 Å². The van der Waals surface area contributed by atoms with Crippen LogP contribution in [0.25, 0.3) is 0 Å². The van der Waals surface area contributed by atoms with Gasteiger partial charge in [-0.15, -0.1) is 0 Å². The molecule has 0 N–H and O–H groups in total. The molecule has 3 nitrogen and oxygen atoms in total. The molecule has 0 saturated heterocycles. The second kappa shape index (κ2) is 5.77. The summed E-state index contributed by atoms with van der Waals surface area (Å²) in [6, 6.07) is 0. The first-order valence-electron chi connectivity index (χ1n) is 3.58. The van der Waals surface area contributed by atoms with Crippen molar-refractivity contribution in [2.24, 2.45) is 0 Å². The Morgan fingerprint density at radius 3 is 2.36 bits per heavy atom. The number of hydrogen-bond donors (Lipinski definition) is 0. The average molecular weight is 158 g/mol. The summed E-state index contributed by atoms with van der Waals surface area (Å²) in [7, 11) is 2.79. The fourth-order valence-corrected chi connectivity index (χ4v) is 0.626.